The first-order valence-electron chi connectivity index (χ1n) is 7.16. The minimum Gasteiger partial charge on any atom is -0.329 e. The lowest BCUT2D eigenvalue weighted by atomic mass is 10.0. The lowest BCUT2D eigenvalue weighted by molar-refractivity contribution is 0.0800. The Bertz CT molecular complexity index is 445. The van der Waals surface area contributed by atoms with Gasteiger partial charge in [0.15, 0.2) is 0 Å². The highest BCUT2D eigenvalue weighted by atomic mass is 79.9. The molecule has 0 amide bonds. The van der Waals surface area contributed by atoms with Crippen LogP contribution < -0.4 is 5.73 Å². The Morgan fingerprint density at radius 2 is 1.80 bits per heavy atom. The third kappa shape index (κ3) is 3.58. The minimum atomic E-state index is -0.221. The van der Waals surface area contributed by atoms with Crippen molar-refractivity contribution in [3.63, 3.8) is 0 Å². The molecule has 2 rings (SSSR count). The molecule has 0 aromatic heterocycles. The van der Waals surface area contributed by atoms with E-state index in [9.17, 15) is 4.39 Å². The number of nitrogens with zero attached hydrogens (tertiary/aromatic N) is 2. The van der Waals surface area contributed by atoms with E-state index in [0.717, 1.165) is 36.2 Å². The minimum absolute atomic E-state index is 0.152. The fraction of sp³-hybridized carbons (Fsp3) is 0.600. The maximum atomic E-state index is 13.2. The number of benzene rings is 1. The van der Waals surface area contributed by atoms with Gasteiger partial charge in [0.1, 0.15) is 5.82 Å². The number of hydrogen-bond donors (Lipinski definition) is 1. The van der Waals surface area contributed by atoms with Crippen molar-refractivity contribution in [3.8, 4) is 0 Å². The number of nitrogens with two attached hydrogens (primary N) is 1. The van der Waals surface area contributed by atoms with Gasteiger partial charge in [-0.05, 0) is 31.5 Å². The summed E-state index contributed by atoms with van der Waals surface area (Å²) in [5, 5.41) is 0. The van der Waals surface area contributed by atoms with Gasteiger partial charge in [-0.25, -0.2) is 4.39 Å². The van der Waals surface area contributed by atoms with Gasteiger partial charge in [-0.3, -0.25) is 9.80 Å². The lowest BCUT2D eigenvalue weighted by Crippen LogP contribution is -2.50. The smallest absolute Gasteiger partial charge is 0.124 e. The van der Waals surface area contributed by atoms with Crippen molar-refractivity contribution in [3.05, 3.63) is 34.1 Å². The van der Waals surface area contributed by atoms with E-state index >= 15 is 0 Å². The van der Waals surface area contributed by atoms with Gasteiger partial charge in [-0.2, -0.15) is 0 Å². The number of halogens is 2. The van der Waals surface area contributed by atoms with Crippen molar-refractivity contribution < 1.29 is 4.39 Å². The van der Waals surface area contributed by atoms with Crippen LogP contribution >= 0.6 is 15.9 Å². The maximum Gasteiger partial charge on any atom is 0.124 e. The molecule has 1 unspecified atom stereocenters. The van der Waals surface area contributed by atoms with E-state index in [2.05, 4.69) is 39.6 Å². The molecule has 1 aromatic rings. The molecule has 1 aliphatic heterocycles. The van der Waals surface area contributed by atoms with E-state index in [1.807, 2.05) is 6.07 Å². The summed E-state index contributed by atoms with van der Waals surface area (Å²) in [5.74, 6) is -0.221. The average molecular weight is 344 g/mol. The SMILES string of the molecule is CC(C)N1CCN(C(CN)c2ccc(F)cc2Br)CC1. The van der Waals surface area contributed by atoms with Crippen LogP contribution in [0.2, 0.25) is 0 Å². The van der Waals surface area contributed by atoms with Gasteiger partial charge in [0.25, 0.3) is 0 Å². The molecule has 0 aliphatic carbocycles. The molecule has 1 fully saturated rings. The van der Waals surface area contributed by atoms with Crippen LogP contribution in [0.1, 0.15) is 25.5 Å². The zero-order chi connectivity index (χ0) is 14.7. The van der Waals surface area contributed by atoms with Crippen molar-refractivity contribution in [1.82, 2.24) is 9.80 Å². The van der Waals surface area contributed by atoms with Crippen molar-refractivity contribution in [1.29, 1.82) is 0 Å². The molecule has 1 aromatic carbocycles. The van der Waals surface area contributed by atoms with Crippen LogP contribution in [0.5, 0.6) is 0 Å². The predicted octanol–water partition coefficient (Wildman–Crippen LogP) is 2.61. The van der Waals surface area contributed by atoms with Crippen LogP contribution in [0.3, 0.4) is 0 Å². The molecule has 3 nitrogen and oxygen atoms in total. The fourth-order valence-electron chi connectivity index (χ4n) is 2.81. The normalized spacial score (nSPS) is 19.5. The van der Waals surface area contributed by atoms with Crippen molar-refractivity contribution in [2.45, 2.75) is 25.9 Å². The Kier molecular flexibility index (Phi) is 5.55. The standard InChI is InChI=1S/C15H23BrFN3/c1-11(2)19-5-7-20(8-6-19)15(10-18)13-4-3-12(17)9-14(13)16/h3-4,9,11,15H,5-8,10,18H2,1-2H3. The van der Waals surface area contributed by atoms with Gasteiger partial charge >= 0.3 is 0 Å². The summed E-state index contributed by atoms with van der Waals surface area (Å²) < 4.78 is 14.0. The van der Waals surface area contributed by atoms with Gasteiger partial charge in [0, 0.05) is 49.3 Å². The van der Waals surface area contributed by atoms with Crippen molar-refractivity contribution in [2.24, 2.45) is 5.73 Å². The molecule has 0 saturated carbocycles. The highest BCUT2D eigenvalue weighted by Crippen LogP contribution is 2.29. The summed E-state index contributed by atoms with van der Waals surface area (Å²) in [6, 6.07) is 5.60. The summed E-state index contributed by atoms with van der Waals surface area (Å²) in [5.41, 5.74) is 7.04. The molecule has 2 N–H and O–H groups in total. The molecular formula is C15H23BrFN3. The largest absolute Gasteiger partial charge is 0.329 e. The van der Waals surface area contributed by atoms with Crippen LogP contribution in [0, 0.1) is 5.82 Å². The first-order chi connectivity index (χ1) is 9.52. The molecule has 1 saturated heterocycles. The average Bonchev–Trinajstić information content (AvgIpc) is 2.42. The second-order valence-corrected chi connectivity index (χ2v) is 6.44. The molecule has 0 spiro atoms. The van der Waals surface area contributed by atoms with E-state index < -0.39 is 0 Å². The van der Waals surface area contributed by atoms with Crippen LogP contribution in [0.15, 0.2) is 22.7 Å². The maximum absolute atomic E-state index is 13.2. The highest BCUT2D eigenvalue weighted by Gasteiger charge is 2.26. The molecule has 1 heterocycles. The summed E-state index contributed by atoms with van der Waals surface area (Å²) in [6.45, 7) is 9.14. The van der Waals surface area contributed by atoms with Crippen LogP contribution in [-0.2, 0) is 0 Å². The molecule has 0 bridgehead atoms. The van der Waals surface area contributed by atoms with Crippen LogP contribution in [0.4, 0.5) is 4.39 Å². The molecule has 0 radical (unpaired) electrons. The zero-order valence-electron chi connectivity index (χ0n) is 12.1. The third-order valence-corrected chi connectivity index (χ3v) is 4.75. The Hall–Kier alpha value is -0.490. The van der Waals surface area contributed by atoms with E-state index in [1.165, 1.54) is 12.1 Å². The molecular weight excluding hydrogens is 321 g/mol. The van der Waals surface area contributed by atoms with Gasteiger partial charge < -0.3 is 5.73 Å². The first-order valence-corrected chi connectivity index (χ1v) is 7.95. The van der Waals surface area contributed by atoms with E-state index in [4.69, 9.17) is 5.73 Å². The quantitative estimate of drug-likeness (QED) is 0.911. The van der Waals surface area contributed by atoms with E-state index in [1.54, 1.807) is 0 Å². The summed E-state index contributed by atoms with van der Waals surface area (Å²) in [7, 11) is 0. The molecule has 5 heteroatoms. The van der Waals surface area contributed by atoms with Gasteiger partial charge in [0.2, 0.25) is 0 Å². The van der Waals surface area contributed by atoms with E-state index in [-0.39, 0.29) is 11.9 Å². The molecule has 1 aliphatic rings. The van der Waals surface area contributed by atoms with Gasteiger partial charge in [0.05, 0.1) is 0 Å². The fourth-order valence-corrected chi connectivity index (χ4v) is 3.43. The van der Waals surface area contributed by atoms with Gasteiger partial charge in [-0.15, -0.1) is 0 Å². The number of hydrogen-bond acceptors (Lipinski definition) is 3. The van der Waals surface area contributed by atoms with Crippen molar-refractivity contribution >= 4 is 15.9 Å². The monoisotopic (exact) mass is 343 g/mol. The number of rotatable bonds is 4. The molecule has 112 valence electrons. The van der Waals surface area contributed by atoms with Crippen molar-refractivity contribution in [2.75, 3.05) is 32.7 Å². The Morgan fingerprint density at radius 1 is 1.20 bits per heavy atom. The Labute approximate surface area is 129 Å². The molecule has 1 atom stereocenters. The zero-order valence-corrected chi connectivity index (χ0v) is 13.7. The number of piperazine rings is 1. The summed E-state index contributed by atoms with van der Waals surface area (Å²) in [4.78, 5) is 4.88. The van der Waals surface area contributed by atoms with Gasteiger partial charge in [-0.1, -0.05) is 22.0 Å². The predicted molar refractivity (Wildman–Crippen MR) is 84.2 cm³/mol. The Balaban J connectivity index is 2.09. The summed E-state index contributed by atoms with van der Waals surface area (Å²) in [6.07, 6.45) is 0. The molecule has 20 heavy (non-hydrogen) atoms. The first kappa shape index (κ1) is 15.9. The van der Waals surface area contributed by atoms with Crippen LogP contribution in [-0.4, -0.2) is 48.6 Å². The third-order valence-electron chi connectivity index (χ3n) is 4.06. The van der Waals surface area contributed by atoms with E-state index in [0.29, 0.717) is 12.6 Å². The topological polar surface area (TPSA) is 32.5 Å². The Morgan fingerprint density at radius 3 is 2.30 bits per heavy atom. The summed E-state index contributed by atoms with van der Waals surface area (Å²) >= 11 is 3.46. The lowest BCUT2D eigenvalue weighted by Gasteiger charge is -2.40. The van der Waals surface area contributed by atoms with Crippen LogP contribution in [0.25, 0.3) is 0 Å². The highest BCUT2D eigenvalue weighted by molar-refractivity contribution is 9.10. The second kappa shape index (κ2) is 6.98. The second-order valence-electron chi connectivity index (χ2n) is 5.58.